The maximum atomic E-state index is 12.0. The molecule has 3 rings (SSSR count). The fraction of sp³-hybridized carbons (Fsp3) is 0.217. The maximum Gasteiger partial charge on any atom is 0.250 e. The molecule has 0 atom stereocenters. The van der Waals surface area contributed by atoms with E-state index < -0.39 is 0 Å². The molecule has 0 aliphatic carbocycles. The van der Waals surface area contributed by atoms with Crippen molar-refractivity contribution in [2.75, 3.05) is 5.75 Å². The number of nitrogens with one attached hydrogen (secondary N) is 1. The number of rotatable bonds is 8. The lowest BCUT2D eigenvalue weighted by Crippen LogP contribution is -2.19. The van der Waals surface area contributed by atoms with E-state index in [4.69, 9.17) is 4.74 Å². The van der Waals surface area contributed by atoms with Crippen LogP contribution in [-0.2, 0) is 11.4 Å². The molecular weight excluding hydrogens is 476 g/mol. The highest BCUT2D eigenvalue weighted by atomic mass is 79.9. The van der Waals surface area contributed by atoms with Crippen molar-refractivity contribution in [1.29, 1.82) is 0 Å². The smallest absolute Gasteiger partial charge is 0.250 e. The number of hydrogen-bond donors (Lipinski definition) is 1. The summed E-state index contributed by atoms with van der Waals surface area (Å²) in [6.45, 7) is 6.35. The van der Waals surface area contributed by atoms with Crippen molar-refractivity contribution in [2.45, 2.75) is 32.5 Å². The van der Waals surface area contributed by atoms with Crippen LogP contribution in [0.1, 0.15) is 28.1 Å². The summed E-state index contributed by atoms with van der Waals surface area (Å²) in [5.74, 6) is 0.711. The fourth-order valence-corrected chi connectivity index (χ4v) is 3.91. The second kappa shape index (κ2) is 11.1. The summed E-state index contributed by atoms with van der Waals surface area (Å²) in [5, 5.41) is 4.61. The average molecular weight is 499 g/mol. The zero-order valence-electron chi connectivity index (χ0n) is 17.6. The SMILES string of the molecule is Cc1ccc(COc2ccc(/C=N\NC(=O)CSc3nc(C)cc(C)n3)cc2Br)cc1. The molecule has 3 aromatic rings. The minimum atomic E-state index is -0.221. The van der Waals surface area contributed by atoms with Gasteiger partial charge in [0, 0.05) is 11.4 Å². The molecule has 0 spiro atoms. The summed E-state index contributed by atoms with van der Waals surface area (Å²) in [6, 6.07) is 15.8. The monoisotopic (exact) mass is 498 g/mol. The Hall–Kier alpha value is -2.71. The first-order valence-electron chi connectivity index (χ1n) is 9.64. The minimum Gasteiger partial charge on any atom is -0.488 e. The molecule has 0 saturated heterocycles. The van der Waals surface area contributed by atoms with Crippen LogP contribution < -0.4 is 10.2 Å². The van der Waals surface area contributed by atoms with E-state index in [-0.39, 0.29) is 11.7 Å². The molecule has 0 radical (unpaired) electrons. The van der Waals surface area contributed by atoms with E-state index in [1.807, 2.05) is 38.1 Å². The largest absolute Gasteiger partial charge is 0.488 e. The number of hydrazone groups is 1. The molecule has 1 amide bonds. The van der Waals surface area contributed by atoms with Gasteiger partial charge < -0.3 is 4.74 Å². The molecule has 8 heteroatoms. The van der Waals surface area contributed by atoms with Crippen LogP contribution in [0.3, 0.4) is 0 Å². The molecule has 0 aliphatic rings. The average Bonchev–Trinajstić information content (AvgIpc) is 2.72. The van der Waals surface area contributed by atoms with Crippen molar-refractivity contribution in [3.63, 3.8) is 0 Å². The van der Waals surface area contributed by atoms with E-state index >= 15 is 0 Å². The van der Waals surface area contributed by atoms with Gasteiger partial charge in [0.15, 0.2) is 5.16 Å². The molecular formula is C23H23BrN4O2S. The number of ether oxygens (including phenoxy) is 1. The van der Waals surface area contributed by atoms with Gasteiger partial charge in [-0.05, 0) is 72.1 Å². The van der Waals surface area contributed by atoms with Crippen molar-refractivity contribution in [3.05, 3.63) is 81.1 Å². The molecule has 31 heavy (non-hydrogen) atoms. The summed E-state index contributed by atoms with van der Waals surface area (Å²) < 4.78 is 6.69. The number of carbonyl (C=O) groups is 1. The van der Waals surface area contributed by atoms with Crippen molar-refractivity contribution in [2.24, 2.45) is 5.10 Å². The Kier molecular flexibility index (Phi) is 8.20. The first-order valence-corrected chi connectivity index (χ1v) is 11.4. The Morgan fingerprint density at radius 1 is 1.10 bits per heavy atom. The van der Waals surface area contributed by atoms with E-state index in [1.165, 1.54) is 17.3 Å². The van der Waals surface area contributed by atoms with Crippen molar-refractivity contribution in [3.8, 4) is 5.75 Å². The van der Waals surface area contributed by atoms with Crippen molar-refractivity contribution < 1.29 is 9.53 Å². The van der Waals surface area contributed by atoms with Gasteiger partial charge in [0.1, 0.15) is 12.4 Å². The van der Waals surface area contributed by atoms with Gasteiger partial charge in [-0.1, -0.05) is 41.6 Å². The molecule has 0 saturated carbocycles. The second-order valence-corrected chi connectivity index (χ2v) is 8.78. The van der Waals surface area contributed by atoms with Crippen LogP contribution in [0.15, 0.2) is 63.3 Å². The number of carbonyl (C=O) groups excluding carboxylic acids is 1. The van der Waals surface area contributed by atoms with Crippen LogP contribution >= 0.6 is 27.7 Å². The molecule has 6 nitrogen and oxygen atoms in total. The minimum absolute atomic E-state index is 0.190. The van der Waals surface area contributed by atoms with Gasteiger partial charge in [0.2, 0.25) is 0 Å². The number of nitrogens with zero attached hydrogens (tertiary/aromatic N) is 3. The predicted octanol–water partition coefficient (Wildman–Crippen LogP) is 4.99. The highest BCUT2D eigenvalue weighted by Crippen LogP contribution is 2.26. The number of amides is 1. The summed E-state index contributed by atoms with van der Waals surface area (Å²) in [7, 11) is 0. The number of thioether (sulfide) groups is 1. The van der Waals surface area contributed by atoms with Gasteiger partial charge in [0.25, 0.3) is 5.91 Å². The van der Waals surface area contributed by atoms with Crippen LogP contribution in [0.2, 0.25) is 0 Å². The van der Waals surface area contributed by atoms with E-state index in [0.29, 0.717) is 11.8 Å². The van der Waals surface area contributed by atoms with Gasteiger partial charge in [0.05, 0.1) is 16.4 Å². The zero-order chi connectivity index (χ0) is 22.2. The molecule has 0 fully saturated rings. The van der Waals surface area contributed by atoms with E-state index in [0.717, 1.165) is 32.7 Å². The van der Waals surface area contributed by atoms with Gasteiger partial charge in [-0.3, -0.25) is 4.79 Å². The highest BCUT2D eigenvalue weighted by Gasteiger charge is 2.06. The van der Waals surface area contributed by atoms with E-state index in [1.54, 1.807) is 6.21 Å². The standard InChI is InChI=1S/C23H23BrN4O2S/c1-15-4-6-18(7-5-15)13-30-21-9-8-19(11-20(21)24)12-25-28-22(29)14-31-23-26-16(2)10-17(3)27-23/h4-12H,13-14H2,1-3H3,(H,28,29)/b25-12-. The third-order valence-electron chi connectivity index (χ3n) is 4.17. The normalized spacial score (nSPS) is 11.0. The molecule has 1 heterocycles. The van der Waals surface area contributed by atoms with Gasteiger partial charge in [-0.15, -0.1) is 0 Å². The van der Waals surface area contributed by atoms with Gasteiger partial charge >= 0.3 is 0 Å². The number of aryl methyl sites for hydroxylation is 3. The molecule has 1 aromatic heterocycles. The second-order valence-electron chi connectivity index (χ2n) is 6.98. The number of aromatic nitrogens is 2. The first kappa shape index (κ1) is 23.0. The molecule has 1 N–H and O–H groups in total. The summed E-state index contributed by atoms with van der Waals surface area (Å²) in [5.41, 5.74) is 7.44. The zero-order valence-corrected chi connectivity index (χ0v) is 20.0. The summed E-state index contributed by atoms with van der Waals surface area (Å²) in [4.78, 5) is 20.6. The van der Waals surface area contributed by atoms with Gasteiger partial charge in [-0.2, -0.15) is 5.10 Å². The van der Waals surface area contributed by atoms with Crippen LogP contribution in [0.5, 0.6) is 5.75 Å². The summed E-state index contributed by atoms with van der Waals surface area (Å²) >= 11 is 4.80. The molecule has 0 unspecified atom stereocenters. The Morgan fingerprint density at radius 3 is 2.48 bits per heavy atom. The van der Waals surface area contributed by atoms with Crippen LogP contribution in [0.4, 0.5) is 0 Å². The summed E-state index contributed by atoms with van der Waals surface area (Å²) in [6.07, 6.45) is 1.59. The third-order valence-corrected chi connectivity index (χ3v) is 5.63. The quantitative estimate of drug-likeness (QED) is 0.205. The first-order chi connectivity index (χ1) is 14.9. The lowest BCUT2D eigenvalue weighted by Gasteiger charge is -2.09. The third kappa shape index (κ3) is 7.48. The topological polar surface area (TPSA) is 76.5 Å². The number of benzene rings is 2. The maximum absolute atomic E-state index is 12.0. The van der Waals surface area contributed by atoms with E-state index in [9.17, 15) is 4.79 Å². The highest BCUT2D eigenvalue weighted by molar-refractivity contribution is 9.10. The molecule has 0 aliphatic heterocycles. The number of hydrogen-bond acceptors (Lipinski definition) is 6. The van der Waals surface area contributed by atoms with Crippen LogP contribution in [-0.4, -0.2) is 27.8 Å². The Labute approximate surface area is 194 Å². The number of halogens is 1. The molecule has 2 aromatic carbocycles. The van der Waals surface area contributed by atoms with Crippen LogP contribution in [0.25, 0.3) is 0 Å². The van der Waals surface area contributed by atoms with Crippen molar-refractivity contribution in [1.82, 2.24) is 15.4 Å². The van der Waals surface area contributed by atoms with Crippen molar-refractivity contribution >= 4 is 39.8 Å². The van der Waals surface area contributed by atoms with Crippen LogP contribution in [0, 0.1) is 20.8 Å². The lowest BCUT2D eigenvalue weighted by molar-refractivity contribution is -0.118. The Balaban J connectivity index is 1.48. The fourth-order valence-electron chi connectivity index (χ4n) is 2.66. The lowest BCUT2D eigenvalue weighted by atomic mass is 10.2. The van der Waals surface area contributed by atoms with E-state index in [2.05, 4.69) is 67.6 Å². The van der Waals surface area contributed by atoms with Gasteiger partial charge in [-0.25, -0.2) is 15.4 Å². The predicted molar refractivity (Wildman–Crippen MR) is 128 cm³/mol. The Morgan fingerprint density at radius 2 is 1.81 bits per heavy atom. The Bertz CT molecular complexity index is 1070. The molecule has 0 bridgehead atoms. The molecule has 160 valence electrons.